The molecule has 1 aliphatic rings. The topological polar surface area (TPSA) is 149 Å². The van der Waals surface area contributed by atoms with Crippen molar-refractivity contribution in [2.75, 3.05) is 13.2 Å². The lowest BCUT2D eigenvalue weighted by Crippen LogP contribution is -2.60. The zero-order valence-corrected chi connectivity index (χ0v) is 31.8. The minimum absolute atomic E-state index is 0.164. The van der Waals surface area contributed by atoms with Crippen LogP contribution in [0.15, 0.2) is 60.8 Å². The summed E-state index contributed by atoms with van der Waals surface area (Å²) in [6.45, 7) is 3.64. The number of nitrogens with one attached hydrogen (secondary N) is 1. The van der Waals surface area contributed by atoms with Crippen LogP contribution in [0.1, 0.15) is 142 Å². The van der Waals surface area contributed by atoms with Gasteiger partial charge in [-0.25, -0.2) is 0 Å². The molecule has 1 aliphatic heterocycles. The van der Waals surface area contributed by atoms with Crippen LogP contribution in [0, 0.1) is 0 Å². The Bertz CT molecular complexity index is 978. The van der Waals surface area contributed by atoms with E-state index in [0.717, 1.165) is 57.8 Å². The van der Waals surface area contributed by atoms with E-state index in [4.69, 9.17) is 9.47 Å². The number of allylic oxidation sites excluding steroid dienone is 10. The predicted octanol–water partition coefficient (Wildman–Crippen LogP) is 7.27. The van der Waals surface area contributed by atoms with Gasteiger partial charge in [-0.3, -0.25) is 4.79 Å². The highest BCUT2D eigenvalue weighted by atomic mass is 16.7. The molecule has 0 saturated carbocycles. The van der Waals surface area contributed by atoms with Gasteiger partial charge in [-0.2, -0.15) is 0 Å². The second-order valence-electron chi connectivity index (χ2n) is 13.7. The maximum absolute atomic E-state index is 12.9. The van der Waals surface area contributed by atoms with Crippen LogP contribution in [0.2, 0.25) is 0 Å². The van der Waals surface area contributed by atoms with E-state index >= 15 is 0 Å². The number of ether oxygens (including phenoxy) is 2. The van der Waals surface area contributed by atoms with Crippen LogP contribution in [0.4, 0.5) is 0 Å². The van der Waals surface area contributed by atoms with E-state index in [0.29, 0.717) is 12.8 Å². The summed E-state index contributed by atoms with van der Waals surface area (Å²) in [4.78, 5) is 12.9. The number of rotatable bonds is 31. The van der Waals surface area contributed by atoms with Crippen molar-refractivity contribution in [3.05, 3.63) is 60.8 Å². The van der Waals surface area contributed by atoms with Crippen LogP contribution in [0.25, 0.3) is 0 Å². The van der Waals surface area contributed by atoms with Gasteiger partial charge in [-0.05, 0) is 51.4 Å². The molecule has 0 aromatic heterocycles. The fourth-order valence-corrected chi connectivity index (χ4v) is 5.90. The molecule has 1 fully saturated rings. The molecular formula is C42H73NO8. The number of aliphatic hydroxyl groups excluding tert-OH is 5. The van der Waals surface area contributed by atoms with Crippen molar-refractivity contribution in [1.29, 1.82) is 0 Å². The van der Waals surface area contributed by atoms with Crippen molar-refractivity contribution < 1.29 is 39.8 Å². The maximum Gasteiger partial charge on any atom is 0.220 e. The van der Waals surface area contributed by atoms with Crippen LogP contribution in [-0.4, -0.2) is 87.5 Å². The molecule has 6 N–H and O–H groups in total. The molecule has 1 rings (SSSR count). The summed E-state index contributed by atoms with van der Waals surface area (Å²) in [6.07, 6.45) is 33.7. The molecule has 0 radical (unpaired) electrons. The number of amides is 1. The van der Waals surface area contributed by atoms with Gasteiger partial charge in [0.2, 0.25) is 5.91 Å². The van der Waals surface area contributed by atoms with E-state index in [1.165, 1.54) is 51.4 Å². The van der Waals surface area contributed by atoms with Gasteiger partial charge >= 0.3 is 0 Å². The Hall–Kier alpha value is -2.11. The highest BCUT2D eigenvalue weighted by Gasteiger charge is 2.44. The molecule has 0 bridgehead atoms. The highest BCUT2D eigenvalue weighted by Crippen LogP contribution is 2.23. The summed E-state index contributed by atoms with van der Waals surface area (Å²) in [5, 5.41) is 54.0. The Morgan fingerprint density at radius 2 is 1.20 bits per heavy atom. The van der Waals surface area contributed by atoms with Gasteiger partial charge in [0.05, 0.1) is 25.4 Å². The minimum atomic E-state index is -1.56. The van der Waals surface area contributed by atoms with E-state index in [9.17, 15) is 30.3 Å². The Kier molecular flexibility index (Phi) is 29.9. The average molecular weight is 720 g/mol. The summed E-state index contributed by atoms with van der Waals surface area (Å²) < 4.78 is 11.2. The fraction of sp³-hybridized carbons (Fsp3) is 0.738. The van der Waals surface area contributed by atoms with Crippen LogP contribution < -0.4 is 5.32 Å². The van der Waals surface area contributed by atoms with E-state index in [1.807, 2.05) is 0 Å². The van der Waals surface area contributed by atoms with Gasteiger partial charge in [0, 0.05) is 6.42 Å². The van der Waals surface area contributed by atoms with E-state index in [1.54, 1.807) is 0 Å². The molecule has 7 unspecified atom stereocenters. The molecule has 0 spiro atoms. The van der Waals surface area contributed by atoms with Gasteiger partial charge in [0.1, 0.15) is 24.4 Å². The van der Waals surface area contributed by atoms with Gasteiger partial charge in [-0.1, -0.05) is 145 Å². The minimum Gasteiger partial charge on any atom is -0.394 e. The molecule has 1 amide bonds. The number of carbonyl (C=O) groups is 1. The normalized spacial score (nSPS) is 22.7. The lowest BCUT2D eigenvalue weighted by atomic mass is 9.99. The first-order valence-electron chi connectivity index (χ1n) is 20.0. The number of hydrogen-bond acceptors (Lipinski definition) is 8. The quantitative estimate of drug-likeness (QED) is 0.0324. The Morgan fingerprint density at radius 1 is 0.686 bits per heavy atom. The van der Waals surface area contributed by atoms with Gasteiger partial charge in [-0.15, -0.1) is 0 Å². The van der Waals surface area contributed by atoms with Crippen molar-refractivity contribution >= 4 is 5.91 Å². The third kappa shape index (κ3) is 24.0. The van der Waals surface area contributed by atoms with Crippen LogP contribution >= 0.6 is 0 Å². The molecule has 294 valence electrons. The average Bonchev–Trinajstić information content (AvgIpc) is 3.13. The van der Waals surface area contributed by atoms with Crippen molar-refractivity contribution in [2.45, 2.75) is 185 Å². The smallest absolute Gasteiger partial charge is 0.220 e. The molecule has 0 aromatic carbocycles. The molecule has 7 atom stereocenters. The van der Waals surface area contributed by atoms with Gasteiger partial charge < -0.3 is 40.3 Å². The molecule has 0 aromatic rings. The number of unbranched alkanes of at least 4 members (excludes halogenated alkanes) is 11. The van der Waals surface area contributed by atoms with Crippen molar-refractivity contribution in [2.24, 2.45) is 0 Å². The monoisotopic (exact) mass is 720 g/mol. The standard InChI is InChI=1S/C42H73NO8/c1-3-5-7-9-11-13-15-16-17-18-19-20-22-24-26-28-30-32-38(46)43-35(34-50-42-41(49)40(48)39(47)37(33-44)51-42)36(45)31-29-27-25-23-21-14-12-10-8-6-4-2/h5,7,11,13,16-17,19-20,24,26,35-37,39-42,44-45,47-49H,3-4,6,8-10,12,14-15,18,21-23,25,27-34H2,1-2H3,(H,43,46)/b7-5-,13-11-,17-16-,20-19-,26-24-. The lowest BCUT2D eigenvalue weighted by molar-refractivity contribution is -0.302. The third-order valence-electron chi connectivity index (χ3n) is 9.14. The summed E-state index contributed by atoms with van der Waals surface area (Å²) in [6, 6.07) is -0.748. The van der Waals surface area contributed by atoms with Crippen molar-refractivity contribution in [3.8, 4) is 0 Å². The highest BCUT2D eigenvalue weighted by molar-refractivity contribution is 5.76. The molecule has 1 saturated heterocycles. The summed E-state index contributed by atoms with van der Waals surface area (Å²) >= 11 is 0. The SMILES string of the molecule is CC/C=C\C/C=C\C/C=C\C/C=C\C/C=C\CCCC(=O)NC(COC1OC(CO)C(O)C(O)C1O)C(O)CCCCCCCCCCCCC. The Balaban J connectivity index is 2.45. The first-order chi connectivity index (χ1) is 24.8. The van der Waals surface area contributed by atoms with Crippen LogP contribution in [0.5, 0.6) is 0 Å². The second kappa shape index (κ2) is 32.5. The Morgan fingerprint density at radius 3 is 1.73 bits per heavy atom. The first kappa shape index (κ1) is 46.9. The zero-order chi connectivity index (χ0) is 37.4. The van der Waals surface area contributed by atoms with Crippen molar-refractivity contribution in [1.82, 2.24) is 5.32 Å². The summed E-state index contributed by atoms with van der Waals surface area (Å²) in [7, 11) is 0. The Labute approximate surface area is 309 Å². The first-order valence-corrected chi connectivity index (χ1v) is 20.0. The van der Waals surface area contributed by atoms with Crippen molar-refractivity contribution in [3.63, 3.8) is 0 Å². The predicted molar refractivity (Wildman–Crippen MR) is 207 cm³/mol. The van der Waals surface area contributed by atoms with Crippen LogP contribution in [0.3, 0.4) is 0 Å². The largest absolute Gasteiger partial charge is 0.394 e. The number of aliphatic hydroxyl groups is 5. The maximum atomic E-state index is 12.9. The zero-order valence-electron chi connectivity index (χ0n) is 31.8. The van der Waals surface area contributed by atoms with Gasteiger partial charge in [0.15, 0.2) is 6.29 Å². The van der Waals surface area contributed by atoms with Crippen LogP contribution in [-0.2, 0) is 14.3 Å². The molecule has 0 aliphatic carbocycles. The van der Waals surface area contributed by atoms with E-state index in [-0.39, 0.29) is 18.9 Å². The van der Waals surface area contributed by atoms with E-state index < -0.39 is 49.5 Å². The molecule has 1 heterocycles. The summed E-state index contributed by atoms with van der Waals surface area (Å²) in [5.41, 5.74) is 0. The molecule has 9 nitrogen and oxygen atoms in total. The number of hydrogen-bond donors (Lipinski definition) is 6. The summed E-state index contributed by atoms with van der Waals surface area (Å²) in [5.74, 6) is -0.206. The molecular weight excluding hydrogens is 646 g/mol. The lowest BCUT2D eigenvalue weighted by Gasteiger charge is -2.40. The number of carbonyl (C=O) groups excluding carboxylic acids is 1. The molecule has 9 heteroatoms. The van der Waals surface area contributed by atoms with E-state index in [2.05, 4.69) is 79.9 Å². The van der Waals surface area contributed by atoms with Gasteiger partial charge in [0.25, 0.3) is 0 Å². The second-order valence-corrected chi connectivity index (χ2v) is 13.7. The molecule has 51 heavy (non-hydrogen) atoms. The fourth-order valence-electron chi connectivity index (χ4n) is 5.90. The third-order valence-corrected chi connectivity index (χ3v) is 9.14.